The van der Waals surface area contributed by atoms with Crippen molar-refractivity contribution in [1.82, 2.24) is 0 Å². The molecule has 0 aliphatic heterocycles. The van der Waals surface area contributed by atoms with E-state index < -0.39 is 18.2 Å². The van der Waals surface area contributed by atoms with Crippen molar-refractivity contribution < 1.29 is 9.47 Å². The van der Waals surface area contributed by atoms with E-state index in [0.29, 0.717) is 0 Å². The van der Waals surface area contributed by atoms with Crippen molar-refractivity contribution >= 4 is 45.5 Å². The maximum atomic E-state index is 5.58. The Bertz CT molecular complexity index is 555. The van der Waals surface area contributed by atoms with E-state index in [4.69, 9.17) is 9.47 Å². The molecule has 0 saturated carbocycles. The van der Waals surface area contributed by atoms with E-state index in [9.17, 15) is 0 Å². The molecule has 0 amide bonds. The number of fused-ring (bicyclic) bond motifs is 1. The maximum Gasteiger partial charge on any atom is 0.513 e. The quantitative estimate of drug-likeness (QED) is 0.812. The number of halogens is 1. The molecule has 0 fully saturated rings. The largest absolute Gasteiger partial charge is 0.513 e. The topological polar surface area (TPSA) is 18.5 Å². The molecule has 0 aromatic heterocycles. The summed E-state index contributed by atoms with van der Waals surface area (Å²) in [5.41, 5.74) is 1.19. The smallest absolute Gasteiger partial charge is 0.498 e. The van der Waals surface area contributed by atoms with Crippen molar-refractivity contribution in [2.24, 2.45) is 0 Å². The Morgan fingerprint density at radius 1 is 1.00 bits per heavy atom. The van der Waals surface area contributed by atoms with E-state index in [2.05, 4.69) is 31.9 Å². The summed E-state index contributed by atoms with van der Waals surface area (Å²) < 4.78 is 12.4. The van der Waals surface area contributed by atoms with Gasteiger partial charge in [0.05, 0.1) is 14.2 Å². The van der Waals surface area contributed by atoms with Gasteiger partial charge in [0, 0.05) is 10.8 Å². The van der Waals surface area contributed by atoms with Gasteiger partial charge in [0.1, 0.15) is 11.5 Å². The highest BCUT2D eigenvalue weighted by Crippen LogP contribution is 2.34. The van der Waals surface area contributed by atoms with Crippen LogP contribution in [0.4, 0.5) is 0 Å². The molecule has 2 nitrogen and oxygen atoms in total. The van der Waals surface area contributed by atoms with E-state index in [1.165, 1.54) is 9.26 Å². The first-order chi connectivity index (χ1) is 8.24. The first-order valence-electron chi connectivity index (χ1n) is 5.42. The summed E-state index contributed by atoms with van der Waals surface area (Å²) in [5.74, 6) is 1.95. The lowest BCUT2D eigenvalue weighted by Gasteiger charge is -2.18. The van der Waals surface area contributed by atoms with Gasteiger partial charge < -0.3 is 9.47 Å². The number of hydrogen-bond acceptors (Lipinski definition) is 2. The van der Waals surface area contributed by atoms with Crippen LogP contribution in [0.3, 0.4) is 0 Å². The Morgan fingerprint density at radius 3 is 2.00 bits per heavy atom. The monoisotopic (exact) mass is 304 g/mol. The van der Waals surface area contributed by atoms with Crippen LogP contribution in [0.15, 0.2) is 24.3 Å². The van der Waals surface area contributed by atoms with E-state index in [1.54, 1.807) is 14.2 Å². The molecule has 0 saturated heterocycles. The van der Waals surface area contributed by atoms with Crippen LogP contribution in [0.5, 0.6) is 11.5 Å². The number of rotatable bonds is 3. The van der Waals surface area contributed by atoms with Crippen LogP contribution in [0.25, 0.3) is 10.8 Å². The fourth-order valence-corrected chi connectivity index (χ4v) is 5.05. The minimum Gasteiger partial charge on any atom is -0.498 e. The van der Waals surface area contributed by atoms with Crippen LogP contribution in [0.2, 0.25) is 0 Å². The zero-order chi connectivity index (χ0) is 12.4. The van der Waals surface area contributed by atoms with E-state index in [0.717, 1.165) is 22.3 Å². The zero-order valence-electron chi connectivity index (χ0n) is 10.2. The summed E-state index contributed by atoms with van der Waals surface area (Å²) in [6, 6.07) is 8.20. The van der Waals surface area contributed by atoms with Gasteiger partial charge in [-0.25, -0.2) is 0 Å². The molecule has 86 valence electrons. The number of hydrogen-bond donors (Lipinski definition) is 0. The highest BCUT2D eigenvalue weighted by atomic mass is 79.9. The zero-order valence-corrected chi connectivity index (χ0v) is 13.2. The van der Waals surface area contributed by atoms with E-state index in [1.807, 2.05) is 12.1 Å². The van der Waals surface area contributed by atoms with Crippen molar-refractivity contribution in [2.75, 3.05) is 14.2 Å². The molecule has 0 aliphatic rings. The first kappa shape index (κ1) is 13.0. The van der Waals surface area contributed by atoms with Gasteiger partial charge in [0.2, 0.25) is 0 Å². The summed E-state index contributed by atoms with van der Waals surface area (Å²) in [4.78, 5) is 0. The van der Waals surface area contributed by atoms with Gasteiger partial charge >= 0.3 is 18.2 Å². The summed E-state index contributed by atoms with van der Waals surface area (Å²) in [7, 11) is 3.45. The molecule has 17 heavy (non-hydrogen) atoms. The lowest BCUT2D eigenvalue weighted by molar-refractivity contribution is 0.410. The van der Waals surface area contributed by atoms with Gasteiger partial charge in [-0.05, 0) is 12.5 Å². The third-order valence-corrected chi connectivity index (χ3v) is 5.83. The fourth-order valence-electron chi connectivity index (χ4n) is 2.21. The highest BCUT2D eigenvalue weighted by Gasteiger charge is 2.17. The molecule has 0 heterocycles. The lowest BCUT2D eigenvalue weighted by atomic mass is 10.0. The van der Waals surface area contributed by atoms with Gasteiger partial charge in [0.15, 0.2) is 0 Å². The molecule has 0 atom stereocenters. The molecule has 2 aromatic carbocycles. The second-order valence-electron chi connectivity index (χ2n) is 3.85. The third kappa shape index (κ3) is 2.14. The maximum absolute atomic E-state index is 5.58. The average Bonchev–Trinajstić information content (AvgIpc) is 2.37. The predicted octanol–water partition coefficient (Wildman–Crippen LogP) is 2.80. The third-order valence-electron chi connectivity index (χ3n) is 3.03. The second kappa shape index (κ2) is 5.46. The molecular formula is C13H13BrMgO2. The molecule has 0 radical (unpaired) electrons. The molecular weight excluding hydrogens is 292 g/mol. The highest BCUT2D eigenvalue weighted by molar-refractivity contribution is 9.23. The predicted molar refractivity (Wildman–Crippen MR) is 76.1 cm³/mol. The minimum atomic E-state index is -0.489. The van der Waals surface area contributed by atoms with Crippen molar-refractivity contribution in [1.29, 1.82) is 0 Å². The number of ether oxygens (including phenoxy) is 2. The number of benzene rings is 2. The minimum absolute atomic E-state index is 0.489. The normalized spacial score (nSPS) is 10.1. The van der Waals surface area contributed by atoms with Crippen molar-refractivity contribution in [3.05, 3.63) is 29.8 Å². The first-order valence-corrected chi connectivity index (χ1v) is 10.0. The Hall–Kier alpha value is -0.454. The Balaban J connectivity index is 2.93. The SMILES string of the molecule is COc1c(C)[c]([Mg][Br])c(OC)c2ccccc12. The van der Waals surface area contributed by atoms with Crippen LogP contribution in [0, 0.1) is 6.92 Å². The molecule has 0 N–H and O–H groups in total. The van der Waals surface area contributed by atoms with Crippen LogP contribution < -0.4 is 13.2 Å². The lowest BCUT2D eigenvalue weighted by Crippen LogP contribution is -2.17. The number of methoxy groups -OCH3 is 2. The Kier molecular flexibility index (Phi) is 4.17. The summed E-state index contributed by atoms with van der Waals surface area (Å²) >= 11 is 3.16. The Labute approximate surface area is 117 Å². The van der Waals surface area contributed by atoms with Gasteiger partial charge in [-0.15, -0.1) is 3.69 Å². The molecule has 2 aromatic rings. The standard InChI is InChI=1S/C13H13O2.BrH.Mg/c1-9-8-12(14-2)10-6-4-5-7-11(10)13(9)15-3;;/h4-7H,1-3H3;1H;/q;;+1/p-1. The summed E-state index contributed by atoms with van der Waals surface area (Å²) in [6.45, 7) is 2.09. The molecule has 0 spiro atoms. The van der Waals surface area contributed by atoms with Gasteiger partial charge in [-0.1, -0.05) is 24.3 Å². The van der Waals surface area contributed by atoms with E-state index in [-0.39, 0.29) is 0 Å². The fraction of sp³-hybridized carbons (Fsp3) is 0.231. The second-order valence-corrected chi connectivity index (χ2v) is 6.51. The van der Waals surface area contributed by atoms with Crippen LogP contribution in [-0.2, 0) is 0 Å². The molecule has 4 heteroatoms. The van der Waals surface area contributed by atoms with Crippen molar-refractivity contribution in [2.45, 2.75) is 6.92 Å². The van der Waals surface area contributed by atoms with Crippen molar-refractivity contribution in [3.8, 4) is 11.5 Å². The molecule has 2 rings (SSSR count). The summed E-state index contributed by atoms with van der Waals surface area (Å²) in [5, 5.41) is 2.24. The Morgan fingerprint density at radius 2 is 1.53 bits per heavy atom. The summed E-state index contributed by atoms with van der Waals surface area (Å²) in [6.07, 6.45) is 0. The van der Waals surface area contributed by atoms with E-state index >= 15 is 0 Å². The van der Waals surface area contributed by atoms with Gasteiger partial charge in [-0.2, -0.15) is 0 Å². The molecule has 0 unspecified atom stereocenters. The van der Waals surface area contributed by atoms with Crippen molar-refractivity contribution in [3.63, 3.8) is 0 Å². The van der Waals surface area contributed by atoms with Crippen LogP contribution in [0.1, 0.15) is 5.56 Å². The van der Waals surface area contributed by atoms with Crippen LogP contribution in [-0.4, -0.2) is 32.4 Å². The van der Waals surface area contributed by atoms with Crippen LogP contribution >= 0.6 is 12.9 Å². The molecule has 0 bridgehead atoms. The van der Waals surface area contributed by atoms with Gasteiger partial charge in [-0.3, -0.25) is 12.9 Å². The average molecular weight is 305 g/mol. The molecule has 0 aliphatic carbocycles. The van der Waals surface area contributed by atoms with Gasteiger partial charge in [0.25, 0.3) is 0 Å².